The van der Waals surface area contributed by atoms with Crippen molar-refractivity contribution in [2.45, 2.75) is 17.4 Å². The number of sulfonamides is 1. The van der Waals surface area contributed by atoms with Gasteiger partial charge in [-0.25, -0.2) is 18.5 Å². The van der Waals surface area contributed by atoms with Crippen LogP contribution in [0.3, 0.4) is 0 Å². The van der Waals surface area contributed by atoms with Crippen molar-refractivity contribution < 1.29 is 22.7 Å². The van der Waals surface area contributed by atoms with Crippen LogP contribution in [0.2, 0.25) is 0 Å². The van der Waals surface area contributed by atoms with Gasteiger partial charge in [-0.1, -0.05) is 6.07 Å². The molecule has 1 fully saturated rings. The number of hydrogen-bond donors (Lipinski definition) is 2. The molecule has 1 heterocycles. The van der Waals surface area contributed by atoms with E-state index in [4.69, 9.17) is 9.88 Å². The Balaban J connectivity index is 1.78. The number of benzene rings is 2. The monoisotopic (exact) mass is 375 g/mol. The van der Waals surface area contributed by atoms with Crippen LogP contribution < -0.4 is 20.1 Å². The molecule has 1 aliphatic heterocycles. The predicted molar refractivity (Wildman–Crippen MR) is 95.3 cm³/mol. The number of nitrogens with one attached hydrogen (secondary N) is 1. The number of hydrogen-bond acceptors (Lipinski definition) is 6. The maximum Gasteiger partial charge on any atom is 0.256 e. The Bertz CT molecular complexity index is 957. The summed E-state index contributed by atoms with van der Waals surface area (Å²) in [6, 6.07) is 11.6. The van der Waals surface area contributed by atoms with E-state index >= 15 is 0 Å². The van der Waals surface area contributed by atoms with Crippen molar-refractivity contribution in [3.05, 3.63) is 48.5 Å². The van der Waals surface area contributed by atoms with Gasteiger partial charge in [0.05, 0.1) is 24.1 Å². The fourth-order valence-corrected chi connectivity index (χ4v) is 3.22. The highest BCUT2D eigenvalue weighted by Crippen LogP contribution is 2.27. The summed E-state index contributed by atoms with van der Waals surface area (Å²) in [4.78, 5) is 26.0. The lowest BCUT2D eigenvalue weighted by atomic mass is 10.2. The maximum absolute atomic E-state index is 12.6. The molecule has 0 spiro atoms. The molecule has 1 saturated heterocycles. The molecule has 8 nitrogen and oxygen atoms in total. The van der Waals surface area contributed by atoms with Crippen molar-refractivity contribution in [1.29, 1.82) is 0 Å². The van der Waals surface area contributed by atoms with Crippen LogP contribution in [0, 0.1) is 0 Å². The Morgan fingerprint density at radius 1 is 1.15 bits per heavy atom. The van der Waals surface area contributed by atoms with Gasteiger partial charge in [-0.05, 0) is 36.4 Å². The molecule has 3 N–H and O–H groups in total. The van der Waals surface area contributed by atoms with Crippen LogP contribution in [0.5, 0.6) is 5.75 Å². The molecule has 0 radical (unpaired) electrons. The third-order valence-corrected chi connectivity index (χ3v) is 4.91. The zero-order valence-corrected chi connectivity index (χ0v) is 14.7. The van der Waals surface area contributed by atoms with Crippen LogP contribution >= 0.6 is 0 Å². The molecule has 0 saturated carbocycles. The topological polar surface area (TPSA) is 119 Å². The van der Waals surface area contributed by atoms with E-state index in [2.05, 4.69) is 5.32 Å². The quantitative estimate of drug-likeness (QED) is 0.755. The lowest BCUT2D eigenvalue weighted by molar-refractivity contribution is -0.121. The summed E-state index contributed by atoms with van der Waals surface area (Å²) in [6.07, 6.45) is -0.00696. The van der Waals surface area contributed by atoms with Crippen molar-refractivity contribution >= 4 is 33.2 Å². The minimum Gasteiger partial charge on any atom is -0.497 e. The van der Waals surface area contributed by atoms with Gasteiger partial charge in [-0.15, -0.1) is 0 Å². The number of carbonyl (C=O) groups is 2. The molecule has 1 aliphatic rings. The highest BCUT2D eigenvalue weighted by Gasteiger charge is 2.39. The van der Waals surface area contributed by atoms with Crippen LogP contribution in [-0.2, 0) is 19.6 Å². The molecule has 0 unspecified atom stereocenters. The molecular formula is C17H17N3O5S. The van der Waals surface area contributed by atoms with Crippen molar-refractivity contribution in [3.63, 3.8) is 0 Å². The van der Waals surface area contributed by atoms with E-state index in [0.717, 1.165) is 4.90 Å². The summed E-state index contributed by atoms with van der Waals surface area (Å²) in [7, 11) is -2.28. The molecule has 1 atom stereocenters. The first-order valence-electron chi connectivity index (χ1n) is 7.70. The first kappa shape index (κ1) is 17.9. The second-order valence-corrected chi connectivity index (χ2v) is 7.30. The molecule has 2 aromatic carbocycles. The molecule has 0 aliphatic carbocycles. The normalized spacial score (nSPS) is 17.5. The number of anilines is 2. The van der Waals surface area contributed by atoms with Gasteiger partial charge in [-0.3, -0.25) is 9.59 Å². The van der Waals surface area contributed by atoms with E-state index < -0.39 is 22.0 Å². The first-order valence-corrected chi connectivity index (χ1v) is 9.24. The number of amides is 2. The number of imide groups is 1. The van der Waals surface area contributed by atoms with Crippen molar-refractivity contribution in [2.24, 2.45) is 5.14 Å². The average molecular weight is 375 g/mol. The van der Waals surface area contributed by atoms with Gasteiger partial charge in [0.25, 0.3) is 5.91 Å². The fourth-order valence-electron chi connectivity index (χ4n) is 2.71. The Morgan fingerprint density at radius 3 is 2.46 bits per heavy atom. The van der Waals surface area contributed by atoms with Gasteiger partial charge in [0.2, 0.25) is 15.9 Å². The molecule has 3 rings (SSSR count). The maximum atomic E-state index is 12.6. The third-order valence-electron chi connectivity index (χ3n) is 3.98. The Hall–Kier alpha value is -2.91. The smallest absolute Gasteiger partial charge is 0.256 e. The van der Waals surface area contributed by atoms with Crippen molar-refractivity contribution in [1.82, 2.24) is 0 Å². The molecule has 9 heteroatoms. The van der Waals surface area contributed by atoms with E-state index in [9.17, 15) is 18.0 Å². The van der Waals surface area contributed by atoms with Crippen LogP contribution in [0.25, 0.3) is 0 Å². The molecule has 2 aromatic rings. The molecular weight excluding hydrogens is 358 g/mol. The Kier molecular flexibility index (Phi) is 4.66. The second-order valence-electron chi connectivity index (χ2n) is 5.74. The Morgan fingerprint density at radius 2 is 1.85 bits per heavy atom. The average Bonchev–Trinajstić information content (AvgIpc) is 2.88. The number of nitrogens with zero attached hydrogens (tertiary/aromatic N) is 1. The van der Waals surface area contributed by atoms with Gasteiger partial charge < -0.3 is 10.1 Å². The lowest BCUT2D eigenvalue weighted by Gasteiger charge is -2.17. The zero-order chi connectivity index (χ0) is 18.9. The molecule has 26 heavy (non-hydrogen) atoms. The molecule has 136 valence electrons. The van der Waals surface area contributed by atoms with Gasteiger partial charge in [0.1, 0.15) is 11.8 Å². The summed E-state index contributed by atoms with van der Waals surface area (Å²) in [6.45, 7) is 0. The SMILES string of the molecule is COc1cccc(N2C(=O)C[C@H](Nc3ccc(S(N)(=O)=O)cc3)C2=O)c1. The summed E-state index contributed by atoms with van der Waals surface area (Å²) in [5.41, 5.74) is 0.948. The van der Waals surface area contributed by atoms with Crippen molar-refractivity contribution in [2.75, 3.05) is 17.3 Å². The highest BCUT2D eigenvalue weighted by atomic mass is 32.2. The van der Waals surface area contributed by atoms with Gasteiger partial charge in [0.15, 0.2) is 0 Å². The Labute approximate surface area is 150 Å². The van der Waals surface area contributed by atoms with Crippen LogP contribution in [-0.4, -0.2) is 33.4 Å². The molecule has 0 aromatic heterocycles. The molecule has 2 amide bonds. The fraction of sp³-hybridized carbons (Fsp3) is 0.176. The highest BCUT2D eigenvalue weighted by molar-refractivity contribution is 7.89. The number of ether oxygens (including phenoxy) is 1. The minimum absolute atomic E-state index is 0.00696. The summed E-state index contributed by atoms with van der Waals surface area (Å²) in [5.74, 6) is -0.182. The predicted octanol–water partition coefficient (Wildman–Crippen LogP) is 1.09. The zero-order valence-electron chi connectivity index (χ0n) is 13.9. The molecule has 0 bridgehead atoms. The minimum atomic E-state index is -3.79. The van der Waals surface area contributed by atoms with E-state index in [1.165, 1.54) is 31.4 Å². The summed E-state index contributed by atoms with van der Waals surface area (Å²) < 4.78 is 27.7. The van der Waals surface area contributed by atoms with Crippen LogP contribution in [0.4, 0.5) is 11.4 Å². The van der Waals surface area contributed by atoms with E-state index in [-0.39, 0.29) is 17.2 Å². The van der Waals surface area contributed by atoms with E-state index in [1.54, 1.807) is 24.3 Å². The largest absolute Gasteiger partial charge is 0.497 e. The lowest BCUT2D eigenvalue weighted by Crippen LogP contribution is -2.34. The van der Waals surface area contributed by atoms with E-state index in [1.807, 2.05) is 0 Å². The van der Waals surface area contributed by atoms with Gasteiger partial charge >= 0.3 is 0 Å². The standard InChI is InChI=1S/C17H17N3O5S/c1-25-13-4-2-3-12(9-13)20-16(21)10-15(17(20)22)19-11-5-7-14(8-6-11)26(18,23)24/h2-9,15,19H,10H2,1H3,(H2,18,23,24)/t15-/m0/s1. The van der Waals surface area contributed by atoms with Gasteiger partial charge in [-0.2, -0.15) is 0 Å². The first-order chi connectivity index (χ1) is 12.3. The summed E-state index contributed by atoms with van der Waals surface area (Å²) >= 11 is 0. The van der Waals surface area contributed by atoms with Crippen molar-refractivity contribution in [3.8, 4) is 5.75 Å². The third kappa shape index (κ3) is 3.53. The van der Waals surface area contributed by atoms with Crippen LogP contribution in [0.1, 0.15) is 6.42 Å². The van der Waals surface area contributed by atoms with E-state index in [0.29, 0.717) is 17.1 Å². The van der Waals surface area contributed by atoms with Gasteiger partial charge in [0, 0.05) is 11.8 Å². The number of carbonyl (C=O) groups excluding carboxylic acids is 2. The van der Waals surface area contributed by atoms with Crippen LogP contribution in [0.15, 0.2) is 53.4 Å². The number of methoxy groups -OCH3 is 1. The number of rotatable bonds is 5. The number of nitrogens with two attached hydrogens (primary N) is 1. The number of primary sulfonamides is 1. The summed E-state index contributed by atoms with van der Waals surface area (Å²) in [5, 5.41) is 8.00. The second kappa shape index (κ2) is 6.77.